The van der Waals surface area contributed by atoms with Crippen molar-refractivity contribution in [3.05, 3.63) is 40.4 Å². The summed E-state index contributed by atoms with van der Waals surface area (Å²) >= 11 is 1.17. The molecule has 0 aliphatic carbocycles. The van der Waals surface area contributed by atoms with Gasteiger partial charge in [0.2, 0.25) is 5.91 Å². The molecule has 0 bridgehead atoms. The van der Waals surface area contributed by atoms with Gasteiger partial charge in [-0.15, -0.1) is 5.10 Å². The number of likely N-dealkylation sites (N-methyl/N-ethyl adjacent to an activating group) is 1. The maximum atomic E-state index is 13.6. The van der Waals surface area contributed by atoms with Gasteiger partial charge in [-0.2, -0.15) is 0 Å². The van der Waals surface area contributed by atoms with Crippen molar-refractivity contribution in [3.63, 3.8) is 0 Å². The van der Waals surface area contributed by atoms with Crippen LogP contribution in [-0.2, 0) is 17.6 Å². The van der Waals surface area contributed by atoms with Crippen LogP contribution in [0.5, 0.6) is 5.75 Å². The summed E-state index contributed by atoms with van der Waals surface area (Å²) in [6, 6.07) is 8.22. The lowest BCUT2D eigenvalue weighted by molar-refractivity contribution is -0.144. The van der Waals surface area contributed by atoms with Crippen LogP contribution < -0.4 is 4.74 Å². The van der Waals surface area contributed by atoms with Crippen LogP contribution in [0, 0.1) is 5.41 Å². The number of rotatable bonds is 2. The second-order valence-corrected chi connectivity index (χ2v) is 9.97. The zero-order valence-corrected chi connectivity index (χ0v) is 20.5. The molecular formula is C25H34N4O3S. The normalized spacial score (nSPS) is 19.8. The minimum atomic E-state index is -0.397. The summed E-state index contributed by atoms with van der Waals surface area (Å²) in [5.74, 6) is 1.14. The van der Waals surface area contributed by atoms with E-state index in [9.17, 15) is 9.59 Å². The van der Waals surface area contributed by atoms with Crippen LogP contribution in [-0.4, -0.2) is 64.5 Å². The molecule has 1 aromatic heterocycles. The zero-order chi connectivity index (χ0) is 23.3. The molecule has 3 heterocycles. The van der Waals surface area contributed by atoms with Gasteiger partial charge >= 0.3 is 0 Å². The quantitative estimate of drug-likeness (QED) is 0.664. The number of hydrogen-bond donors (Lipinski definition) is 0. The van der Waals surface area contributed by atoms with Crippen LogP contribution in [0.4, 0.5) is 0 Å². The molecule has 8 heteroatoms. The Labute approximate surface area is 200 Å². The van der Waals surface area contributed by atoms with Gasteiger partial charge in [0.25, 0.3) is 5.91 Å². The van der Waals surface area contributed by atoms with Gasteiger partial charge in [0.05, 0.1) is 17.7 Å². The fourth-order valence-corrected chi connectivity index (χ4v) is 5.78. The standard InChI is InChI=1S/C25H34N4O3S/c1-3-20-22(33-27-26-20)23(30)29-15-13-25(14-16-29)12-8-4-5-9-19-10-6-7-11-21(19)32-18-17-28(2)24(25)31/h6-7,10-11H,3-5,8-9,12-18H2,1-2H3. The van der Waals surface area contributed by atoms with E-state index < -0.39 is 5.41 Å². The van der Waals surface area contributed by atoms with E-state index in [1.807, 2.05) is 35.9 Å². The van der Waals surface area contributed by atoms with Crippen molar-refractivity contribution < 1.29 is 14.3 Å². The second-order valence-electron chi connectivity index (χ2n) is 9.22. The number of ether oxygens (including phenoxy) is 1. The van der Waals surface area contributed by atoms with E-state index in [-0.39, 0.29) is 11.8 Å². The average Bonchev–Trinajstić information content (AvgIpc) is 3.32. The Morgan fingerprint density at radius 2 is 1.91 bits per heavy atom. The molecule has 1 aromatic carbocycles. The molecule has 0 atom stereocenters. The van der Waals surface area contributed by atoms with Crippen molar-refractivity contribution >= 4 is 23.3 Å². The summed E-state index contributed by atoms with van der Waals surface area (Å²) in [7, 11) is 1.88. The Bertz CT molecular complexity index is 968. The van der Waals surface area contributed by atoms with Crippen molar-refractivity contribution in [2.45, 2.75) is 58.3 Å². The van der Waals surface area contributed by atoms with E-state index in [0.29, 0.717) is 50.4 Å². The summed E-state index contributed by atoms with van der Waals surface area (Å²) in [6.45, 7) is 4.23. The van der Waals surface area contributed by atoms with Crippen LogP contribution in [0.25, 0.3) is 0 Å². The van der Waals surface area contributed by atoms with E-state index in [4.69, 9.17) is 4.74 Å². The summed E-state index contributed by atoms with van der Waals surface area (Å²) in [6.07, 6.45) is 7.18. The van der Waals surface area contributed by atoms with Gasteiger partial charge in [-0.1, -0.05) is 42.5 Å². The molecule has 1 spiro atoms. The molecule has 4 rings (SSSR count). The lowest BCUT2D eigenvalue weighted by atomic mass is 9.73. The monoisotopic (exact) mass is 470 g/mol. The van der Waals surface area contributed by atoms with Gasteiger partial charge in [-0.25, -0.2) is 0 Å². The summed E-state index contributed by atoms with van der Waals surface area (Å²) in [5.41, 5.74) is 1.62. The van der Waals surface area contributed by atoms with Crippen LogP contribution in [0.1, 0.15) is 66.4 Å². The number of aryl methyl sites for hydroxylation is 2. The van der Waals surface area contributed by atoms with E-state index in [1.54, 1.807) is 0 Å². The first-order valence-electron chi connectivity index (χ1n) is 12.1. The number of para-hydroxylation sites is 1. The van der Waals surface area contributed by atoms with Gasteiger partial charge in [-0.05, 0) is 61.7 Å². The molecule has 2 aromatic rings. The second kappa shape index (κ2) is 10.6. The maximum Gasteiger partial charge on any atom is 0.267 e. The van der Waals surface area contributed by atoms with Crippen molar-refractivity contribution in [2.75, 3.05) is 33.3 Å². The molecule has 1 fully saturated rings. The number of hydrogen-bond acceptors (Lipinski definition) is 6. The molecule has 33 heavy (non-hydrogen) atoms. The van der Waals surface area contributed by atoms with Gasteiger partial charge in [0.1, 0.15) is 17.2 Å². The number of amides is 2. The van der Waals surface area contributed by atoms with Crippen LogP contribution in [0.2, 0.25) is 0 Å². The minimum absolute atomic E-state index is 0.00769. The van der Waals surface area contributed by atoms with Gasteiger partial charge in [0.15, 0.2) is 0 Å². The summed E-state index contributed by atoms with van der Waals surface area (Å²) in [5, 5.41) is 4.09. The molecule has 1 saturated heterocycles. The number of benzene rings is 1. The lowest BCUT2D eigenvalue weighted by Crippen LogP contribution is -2.51. The summed E-state index contributed by atoms with van der Waals surface area (Å²) in [4.78, 5) is 31.0. The Hall–Kier alpha value is -2.48. The van der Waals surface area contributed by atoms with Gasteiger partial charge in [0, 0.05) is 20.1 Å². The van der Waals surface area contributed by atoms with E-state index in [1.165, 1.54) is 17.1 Å². The SMILES string of the molecule is CCc1nnsc1C(=O)N1CCC2(CCCCCc3ccccc3OCCN(C)C2=O)CC1. The fourth-order valence-electron chi connectivity index (χ4n) is 5.06. The van der Waals surface area contributed by atoms with E-state index in [2.05, 4.69) is 21.7 Å². The predicted molar refractivity (Wildman–Crippen MR) is 129 cm³/mol. The number of carbonyl (C=O) groups is 2. The van der Waals surface area contributed by atoms with Crippen LogP contribution in [0.15, 0.2) is 24.3 Å². The number of carbonyl (C=O) groups excluding carboxylic acids is 2. The summed E-state index contributed by atoms with van der Waals surface area (Å²) < 4.78 is 10.0. The van der Waals surface area contributed by atoms with Crippen LogP contribution in [0.3, 0.4) is 0 Å². The molecule has 178 valence electrons. The number of piperidine rings is 1. The molecular weight excluding hydrogens is 436 g/mol. The molecule has 2 aliphatic heterocycles. The Kier molecular flexibility index (Phi) is 7.63. The molecule has 0 N–H and O–H groups in total. The Balaban J connectivity index is 1.44. The first-order valence-corrected chi connectivity index (χ1v) is 12.9. The first-order chi connectivity index (χ1) is 16.0. The molecule has 2 amide bonds. The fraction of sp³-hybridized carbons (Fsp3) is 0.600. The molecule has 0 radical (unpaired) electrons. The highest BCUT2D eigenvalue weighted by Crippen LogP contribution is 2.39. The van der Waals surface area contributed by atoms with E-state index in [0.717, 1.165) is 43.5 Å². The maximum absolute atomic E-state index is 13.6. The van der Waals surface area contributed by atoms with Crippen LogP contribution >= 0.6 is 11.5 Å². The highest BCUT2D eigenvalue weighted by Gasteiger charge is 2.43. The Morgan fingerprint density at radius 1 is 1.12 bits per heavy atom. The van der Waals surface area contributed by atoms with Crippen molar-refractivity contribution in [3.8, 4) is 5.75 Å². The number of nitrogens with zero attached hydrogens (tertiary/aromatic N) is 4. The molecule has 2 aliphatic rings. The molecule has 0 unspecified atom stereocenters. The third kappa shape index (κ3) is 5.21. The highest BCUT2D eigenvalue weighted by atomic mass is 32.1. The smallest absolute Gasteiger partial charge is 0.267 e. The third-order valence-corrected chi connectivity index (χ3v) is 7.91. The number of fused-ring (bicyclic) bond motifs is 1. The van der Waals surface area contributed by atoms with Crippen molar-refractivity contribution in [2.24, 2.45) is 5.41 Å². The first kappa shape index (κ1) is 23.7. The number of aromatic nitrogens is 2. The number of likely N-dealkylation sites (tertiary alicyclic amines) is 1. The third-order valence-electron chi connectivity index (χ3n) is 7.15. The largest absolute Gasteiger partial charge is 0.491 e. The van der Waals surface area contributed by atoms with E-state index >= 15 is 0 Å². The molecule has 7 nitrogen and oxygen atoms in total. The molecule has 0 saturated carbocycles. The van der Waals surface area contributed by atoms with Crippen molar-refractivity contribution in [1.82, 2.24) is 19.4 Å². The Morgan fingerprint density at radius 3 is 2.70 bits per heavy atom. The predicted octanol–water partition coefficient (Wildman–Crippen LogP) is 3.98. The van der Waals surface area contributed by atoms with Crippen molar-refractivity contribution in [1.29, 1.82) is 0 Å². The highest BCUT2D eigenvalue weighted by molar-refractivity contribution is 7.08. The van der Waals surface area contributed by atoms with Gasteiger partial charge in [-0.3, -0.25) is 9.59 Å². The average molecular weight is 471 g/mol. The lowest BCUT2D eigenvalue weighted by Gasteiger charge is -2.42. The zero-order valence-electron chi connectivity index (χ0n) is 19.7. The topological polar surface area (TPSA) is 75.6 Å². The minimum Gasteiger partial charge on any atom is -0.491 e. The van der Waals surface area contributed by atoms with Gasteiger partial charge < -0.3 is 14.5 Å².